The molecule has 1 atom stereocenters. The molecule has 1 aromatic heterocycles. The van der Waals surface area contributed by atoms with Crippen molar-refractivity contribution in [3.8, 4) is 0 Å². The Hall–Kier alpha value is -1.95. The zero-order chi connectivity index (χ0) is 10.7. The minimum atomic E-state index is -0.944. The average molecular weight is 204 g/mol. The summed E-state index contributed by atoms with van der Waals surface area (Å²) in [6, 6.07) is 5.63. The van der Waals surface area contributed by atoms with E-state index in [0.717, 1.165) is 5.69 Å². The Labute approximate surface area is 87.1 Å². The third kappa shape index (κ3) is 2.29. The Morgan fingerprint density at radius 1 is 1.40 bits per heavy atom. The van der Waals surface area contributed by atoms with Crippen LogP contribution in [-0.4, -0.2) is 23.1 Å². The lowest BCUT2D eigenvalue weighted by Gasteiger charge is -2.28. The van der Waals surface area contributed by atoms with E-state index in [-0.39, 0.29) is 5.96 Å². The third-order valence-corrected chi connectivity index (χ3v) is 2.01. The first kappa shape index (κ1) is 9.60. The van der Waals surface area contributed by atoms with Crippen molar-refractivity contribution in [1.82, 2.24) is 10.3 Å². The SMILES string of the molecule is NC1=NC=NC(N)(Cc2ccccn2)N1. The normalized spacial score (nSPS) is 24.5. The van der Waals surface area contributed by atoms with Gasteiger partial charge in [0.2, 0.25) is 0 Å². The number of aliphatic imine (C=N–C) groups is 2. The van der Waals surface area contributed by atoms with Crippen LogP contribution in [0.2, 0.25) is 0 Å². The number of pyridine rings is 1. The zero-order valence-corrected chi connectivity index (χ0v) is 8.09. The van der Waals surface area contributed by atoms with Crippen LogP contribution in [0.5, 0.6) is 0 Å². The lowest BCUT2D eigenvalue weighted by molar-refractivity contribution is 0.401. The second-order valence-electron chi connectivity index (χ2n) is 3.31. The van der Waals surface area contributed by atoms with Gasteiger partial charge in [0, 0.05) is 18.3 Å². The van der Waals surface area contributed by atoms with E-state index in [0.29, 0.717) is 6.42 Å². The van der Waals surface area contributed by atoms with Crippen LogP contribution in [0.25, 0.3) is 0 Å². The highest BCUT2D eigenvalue weighted by molar-refractivity contribution is 5.87. The van der Waals surface area contributed by atoms with Crippen molar-refractivity contribution in [3.63, 3.8) is 0 Å². The molecule has 1 unspecified atom stereocenters. The number of nitrogens with zero attached hydrogens (tertiary/aromatic N) is 3. The molecule has 0 saturated heterocycles. The molecule has 6 nitrogen and oxygen atoms in total. The fraction of sp³-hybridized carbons (Fsp3) is 0.222. The van der Waals surface area contributed by atoms with Gasteiger partial charge in [0.1, 0.15) is 6.34 Å². The van der Waals surface area contributed by atoms with E-state index in [1.165, 1.54) is 6.34 Å². The van der Waals surface area contributed by atoms with Gasteiger partial charge in [-0.2, -0.15) is 0 Å². The van der Waals surface area contributed by atoms with Crippen molar-refractivity contribution < 1.29 is 0 Å². The summed E-state index contributed by atoms with van der Waals surface area (Å²) in [5.74, 6) is -0.677. The number of guanidine groups is 1. The Balaban J connectivity index is 2.13. The van der Waals surface area contributed by atoms with Crippen LogP contribution in [0.1, 0.15) is 5.69 Å². The molecule has 15 heavy (non-hydrogen) atoms. The number of hydrogen-bond acceptors (Lipinski definition) is 6. The Morgan fingerprint density at radius 3 is 2.93 bits per heavy atom. The number of hydrogen-bond donors (Lipinski definition) is 3. The van der Waals surface area contributed by atoms with E-state index < -0.39 is 5.79 Å². The molecule has 1 aliphatic rings. The molecule has 0 aromatic carbocycles. The molecule has 0 saturated carbocycles. The first-order chi connectivity index (χ1) is 7.18. The second kappa shape index (κ2) is 3.66. The fourth-order valence-electron chi connectivity index (χ4n) is 1.35. The molecule has 0 aliphatic carbocycles. The summed E-state index contributed by atoms with van der Waals surface area (Å²) in [5.41, 5.74) is 12.3. The van der Waals surface area contributed by atoms with Crippen molar-refractivity contribution in [2.75, 3.05) is 0 Å². The number of rotatable bonds is 2. The second-order valence-corrected chi connectivity index (χ2v) is 3.31. The van der Waals surface area contributed by atoms with Gasteiger partial charge in [0.25, 0.3) is 0 Å². The molecule has 0 radical (unpaired) electrons. The van der Waals surface area contributed by atoms with Gasteiger partial charge in [-0.3, -0.25) is 10.7 Å². The maximum atomic E-state index is 5.97. The molecule has 0 bridgehead atoms. The molecule has 2 heterocycles. The van der Waals surface area contributed by atoms with E-state index in [9.17, 15) is 0 Å². The molecule has 0 amide bonds. The molecular weight excluding hydrogens is 192 g/mol. The maximum absolute atomic E-state index is 5.97. The van der Waals surface area contributed by atoms with Crippen LogP contribution in [0.4, 0.5) is 0 Å². The van der Waals surface area contributed by atoms with Crippen molar-refractivity contribution in [1.29, 1.82) is 0 Å². The fourth-order valence-corrected chi connectivity index (χ4v) is 1.35. The molecule has 2 rings (SSSR count). The lowest BCUT2D eigenvalue weighted by atomic mass is 10.1. The van der Waals surface area contributed by atoms with Crippen LogP contribution in [-0.2, 0) is 6.42 Å². The Kier molecular flexibility index (Phi) is 2.34. The van der Waals surface area contributed by atoms with Crippen LogP contribution in [0.3, 0.4) is 0 Å². The van der Waals surface area contributed by atoms with Gasteiger partial charge in [-0.25, -0.2) is 9.98 Å². The number of aromatic nitrogens is 1. The van der Waals surface area contributed by atoms with Gasteiger partial charge in [-0.05, 0) is 12.1 Å². The van der Waals surface area contributed by atoms with Crippen LogP contribution >= 0.6 is 0 Å². The van der Waals surface area contributed by atoms with Crippen LogP contribution in [0.15, 0.2) is 34.4 Å². The van der Waals surface area contributed by atoms with Crippen molar-refractivity contribution in [3.05, 3.63) is 30.1 Å². The van der Waals surface area contributed by atoms with E-state index in [1.54, 1.807) is 6.20 Å². The first-order valence-corrected chi connectivity index (χ1v) is 4.52. The average Bonchev–Trinajstić information content (AvgIpc) is 2.18. The predicted octanol–water partition coefficient (Wildman–Crippen LogP) is -0.817. The third-order valence-electron chi connectivity index (χ3n) is 2.01. The lowest BCUT2D eigenvalue weighted by Crippen LogP contribution is -2.59. The summed E-state index contributed by atoms with van der Waals surface area (Å²) in [6.45, 7) is 0. The van der Waals surface area contributed by atoms with E-state index in [2.05, 4.69) is 20.3 Å². The molecule has 1 aromatic rings. The predicted molar refractivity (Wildman–Crippen MR) is 58.1 cm³/mol. The highest BCUT2D eigenvalue weighted by Crippen LogP contribution is 2.08. The van der Waals surface area contributed by atoms with Crippen LogP contribution in [0, 0.1) is 0 Å². The van der Waals surface area contributed by atoms with Crippen molar-refractivity contribution >= 4 is 12.3 Å². The molecule has 0 fully saturated rings. The molecular formula is C9H12N6. The molecule has 6 heteroatoms. The standard InChI is InChI=1S/C9H12N6/c10-8-13-6-14-9(11,15-8)5-7-3-1-2-4-12-7/h1-4,6H,5,11H2,(H3,10,13,14,15). The van der Waals surface area contributed by atoms with E-state index >= 15 is 0 Å². The van der Waals surface area contributed by atoms with E-state index in [4.69, 9.17) is 11.5 Å². The topological polar surface area (TPSA) is 102 Å². The maximum Gasteiger partial charge on any atom is 0.197 e. The number of nitrogens with one attached hydrogen (secondary N) is 1. The van der Waals surface area contributed by atoms with Gasteiger partial charge in [0.15, 0.2) is 11.7 Å². The summed E-state index contributed by atoms with van der Waals surface area (Å²) in [6.07, 6.45) is 3.53. The first-order valence-electron chi connectivity index (χ1n) is 4.52. The van der Waals surface area contributed by atoms with Gasteiger partial charge in [-0.15, -0.1) is 0 Å². The minimum Gasteiger partial charge on any atom is -0.370 e. The Morgan fingerprint density at radius 2 is 2.27 bits per heavy atom. The van der Waals surface area contributed by atoms with E-state index in [1.807, 2.05) is 18.2 Å². The summed E-state index contributed by atoms with van der Waals surface area (Å²) in [4.78, 5) is 12.0. The summed E-state index contributed by atoms with van der Waals surface area (Å²) in [5, 5.41) is 2.81. The Bertz CT molecular complexity index is 398. The smallest absolute Gasteiger partial charge is 0.197 e. The van der Waals surface area contributed by atoms with Gasteiger partial charge in [0.05, 0.1) is 0 Å². The molecule has 5 N–H and O–H groups in total. The van der Waals surface area contributed by atoms with Crippen molar-refractivity contribution in [2.45, 2.75) is 12.2 Å². The monoisotopic (exact) mass is 204 g/mol. The largest absolute Gasteiger partial charge is 0.370 e. The zero-order valence-electron chi connectivity index (χ0n) is 8.09. The van der Waals surface area contributed by atoms with Gasteiger partial charge >= 0.3 is 0 Å². The van der Waals surface area contributed by atoms with Gasteiger partial charge < -0.3 is 11.1 Å². The van der Waals surface area contributed by atoms with Gasteiger partial charge in [-0.1, -0.05) is 6.07 Å². The molecule has 78 valence electrons. The highest BCUT2D eigenvalue weighted by atomic mass is 15.3. The van der Waals surface area contributed by atoms with Crippen molar-refractivity contribution in [2.24, 2.45) is 21.5 Å². The highest BCUT2D eigenvalue weighted by Gasteiger charge is 2.26. The quantitative estimate of drug-likeness (QED) is 0.586. The van der Waals surface area contributed by atoms with Crippen LogP contribution < -0.4 is 16.8 Å². The summed E-state index contributed by atoms with van der Waals surface area (Å²) in [7, 11) is 0. The summed E-state index contributed by atoms with van der Waals surface area (Å²) >= 11 is 0. The summed E-state index contributed by atoms with van der Waals surface area (Å²) < 4.78 is 0. The minimum absolute atomic E-state index is 0.267. The number of nitrogens with two attached hydrogens (primary N) is 2. The molecule has 0 spiro atoms. The molecule has 1 aliphatic heterocycles.